The Morgan fingerprint density at radius 1 is 0.967 bits per heavy atom. The second-order valence-electron chi connectivity index (χ2n) is 7.03. The van der Waals surface area contributed by atoms with Gasteiger partial charge in [-0.25, -0.2) is 18.5 Å². The van der Waals surface area contributed by atoms with Crippen LogP contribution in [-0.2, 0) is 7.05 Å². The van der Waals surface area contributed by atoms with Crippen molar-refractivity contribution in [3.63, 3.8) is 0 Å². The van der Waals surface area contributed by atoms with Gasteiger partial charge in [0.1, 0.15) is 10.6 Å². The molecule has 0 unspecified atom stereocenters. The number of aromatic nitrogens is 4. The molecule has 0 aliphatic rings. The van der Waals surface area contributed by atoms with Gasteiger partial charge in [0.25, 0.3) is 5.56 Å². The number of imidazole rings is 1. The molecule has 0 aliphatic heterocycles. The van der Waals surface area contributed by atoms with Crippen LogP contribution in [0.15, 0.2) is 56.8 Å². The number of hydrogen-bond acceptors (Lipinski definition) is 4. The number of nitrogens with one attached hydrogen (secondary N) is 2. The quantitative estimate of drug-likeness (QED) is 0.458. The Bertz CT molecular complexity index is 1630. The number of fused-ring (bicyclic) bond motifs is 2. The lowest BCUT2D eigenvalue weighted by Gasteiger charge is -2.05. The van der Waals surface area contributed by atoms with E-state index in [0.717, 1.165) is 31.6 Å². The predicted molar refractivity (Wildman–Crippen MR) is 115 cm³/mol. The van der Waals surface area contributed by atoms with E-state index >= 15 is 0 Å². The third-order valence-corrected chi connectivity index (χ3v) is 6.50. The van der Waals surface area contributed by atoms with Crippen LogP contribution >= 0.6 is 11.3 Å². The van der Waals surface area contributed by atoms with Gasteiger partial charge in [0.05, 0.1) is 22.1 Å². The number of halogens is 1. The van der Waals surface area contributed by atoms with Crippen molar-refractivity contribution in [1.82, 2.24) is 19.1 Å². The monoisotopic (exact) mass is 422 g/mol. The van der Waals surface area contributed by atoms with E-state index in [-0.39, 0.29) is 5.69 Å². The van der Waals surface area contributed by atoms with Gasteiger partial charge in [0.15, 0.2) is 0 Å². The first-order valence-electron chi connectivity index (χ1n) is 9.08. The summed E-state index contributed by atoms with van der Waals surface area (Å²) in [5.74, 6) is -0.451. The predicted octanol–water partition coefficient (Wildman–Crippen LogP) is 3.04. The summed E-state index contributed by atoms with van der Waals surface area (Å²) >= 11 is 1.31. The summed E-state index contributed by atoms with van der Waals surface area (Å²) in [6, 6.07) is 10.7. The third-order valence-electron chi connectivity index (χ3n) is 5.24. The average molecular weight is 422 g/mol. The molecule has 0 aliphatic carbocycles. The molecular weight excluding hydrogens is 407 g/mol. The molecule has 0 saturated heterocycles. The molecule has 2 aromatic carbocycles. The fourth-order valence-corrected chi connectivity index (χ4v) is 4.87. The van der Waals surface area contributed by atoms with Crippen molar-refractivity contribution in [2.45, 2.75) is 6.92 Å². The number of rotatable bonds is 2. The van der Waals surface area contributed by atoms with Crippen LogP contribution in [-0.4, -0.2) is 19.1 Å². The molecule has 150 valence electrons. The summed E-state index contributed by atoms with van der Waals surface area (Å²) in [4.78, 5) is 44.5. The van der Waals surface area contributed by atoms with E-state index in [0.29, 0.717) is 15.9 Å². The summed E-state index contributed by atoms with van der Waals surface area (Å²) in [5, 5.41) is 0.405. The Morgan fingerprint density at radius 3 is 2.43 bits per heavy atom. The Morgan fingerprint density at radius 2 is 1.70 bits per heavy atom. The van der Waals surface area contributed by atoms with Gasteiger partial charge in [-0.3, -0.25) is 14.3 Å². The fraction of sp³-hybridized carbons (Fsp3) is 0.0952. The molecule has 5 aromatic rings. The zero-order chi connectivity index (χ0) is 21.2. The van der Waals surface area contributed by atoms with E-state index in [1.165, 1.54) is 40.2 Å². The number of nitrogens with zero attached hydrogens (tertiary/aromatic N) is 2. The van der Waals surface area contributed by atoms with Crippen molar-refractivity contribution in [3.8, 4) is 16.1 Å². The second-order valence-corrected chi connectivity index (χ2v) is 8.05. The number of benzene rings is 2. The SMILES string of the molecule is Cc1c(-c2ccc3[nH]c(=O)n(C)c3c2)sc2[nH]c(=O)n(-c3ccc(F)cc3)c(=O)c12. The van der Waals surface area contributed by atoms with E-state index in [2.05, 4.69) is 9.97 Å². The van der Waals surface area contributed by atoms with Crippen LogP contribution < -0.4 is 16.9 Å². The molecule has 0 radical (unpaired) electrons. The van der Waals surface area contributed by atoms with Crippen LogP contribution in [0.4, 0.5) is 4.39 Å². The first kappa shape index (κ1) is 18.3. The minimum absolute atomic E-state index is 0.207. The molecular formula is C21H15FN4O3S. The fourth-order valence-electron chi connectivity index (χ4n) is 3.68. The largest absolute Gasteiger partial charge is 0.334 e. The summed E-state index contributed by atoms with van der Waals surface area (Å²) in [5.41, 5.74) is 2.06. The maximum absolute atomic E-state index is 13.3. The number of aryl methyl sites for hydroxylation is 2. The highest BCUT2D eigenvalue weighted by molar-refractivity contribution is 7.22. The third kappa shape index (κ3) is 2.59. The molecule has 0 amide bonds. The molecule has 9 heteroatoms. The Balaban J connectivity index is 1.77. The standard InChI is InChI=1S/C21H15FN4O3S/c1-10-16-18(24-21(29)26(19(16)27)13-6-4-12(22)5-7-13)30-17(10)11-3-8-14-15(9-11)25(2)20(28)23-14/h3-9H,1-2H3,(H,23,28)(H,24,29). The van der Waals surface area contributed by atoms with Crippen LogP contribution in [0.2, 0.25) is 0 Å². The molecule has 7 nitrogen and oxygen atoms in total. The first-order valence-corrected chi connectivity index (χ1v) is 9.90. The van der Waals surface area contributed by atoms with Gasteiger partial charge in [-0.1, -0.05) is 6.07 Å². The van der Waals surface area contributed by atoms with E-state index in [1.807, 2.05) is 25.1 Å². The topological polar surface area (TPSA) is 92.7 Å². The minimum Gasteiger partial charge on any atom is -0.306 e. The molecule has 5 rings (SSSR count). The Hall–Kier alpha value is -3.72. The highest BCUT2D eigenvalue weighted by Gasteiger charge is 2.18. The number of hydrogen-bond donors (Lipinski definition) is 2. The van der Waals surface area contributed by atoms with E-state index < -0.39 is 17.1 Å². The van der Waals surface area contributed by atoms with Crippen molar-refractivity contribution in [1.29, 1.82) is 0 Å². The molecule has 0 bridgehead atoms. The van der Waals surface area contributed by atoms with Gasteiger partial charge < -0.3 is 4.98 Å². The second kappa shape index (κ2) is 6.39. The van der Waals surface area contributed by atoms with E-state index in [1.54, 1.807) is 7.05 Å². The first-order chi connectivity index (χ1) is 14.3. The molecule has 0 atom stereocenters. The highest BCUT2D eigenvalue weighted by atomic mass is 32.1. The number of thiophene rings is 1. The van der Waals surface area contributed by atoms with Gasteiger partial charge >= 0.3 is 11.4 Å². The maximum Gasteiger partial charge on any atom is 0.334 e. The Labute approximate surface area is 171 Å². The minimum atomic E-state index is -0.588. The van der Waals surface area contributed by atoms with E-state index in [4.69, 9.17) is 0 Å². The maximum atomic E-state index is 13.3. The lowest BCUT2D eigenvalue weighted by molar-refractivity contribution is 0.627. The molecule has 0 spiro atoms. The zero-order valence-corrected chi connectivity index (χ0v) is 16.8. The van der Waals surface area contributed by atoms with Crippen LogP contribution in [0, 0.1) is 12.7 Å². The van der Waals surface area contributed by atoms with Crippen molar-refractivity contribution in [2.75, 3.05) is 0 Å². The average Bonchev–Trinajstić information content (AvgIpc) is 3.19. The zero-order valence-electron chi connectivity index (χ0n) is 15.9. The molecule has 0 saturated carbocycles. The van der Waals surface area contributed by atoms with Crippen LogP contribution in [0.1, 0.15) is 5.56 Å². The Kier molecular flexibility index (Phi) is 3.90. The summed E-state index contributed by atoms with van der Waals surface area (Å²) < 4.78 is 15.8. The smallest absolute Gasteiger partial charge is 0.306 e. The number of aromatic amines is 2. The summed E-state index contributed by atoms with van der Waals surface area (Å²) in [6.07, 6.45) is 0. The van der Waals surface area contributed by atoms with Crippen molar-refractivity contribution < 1.29 is 4.39 Å². The van der Waals surface area contributed by atoms with Gasteiger partial charge in [0.2, 0.25) is 0 Å². The van der Waals surface area contributed by atoms with Gasteiger partial charge in [-0.2, -0.15) is 0 Å². The normalized spacial score (nSPS) is 11.6. The van der Waals surface area contributed by atoms with Crippen LogP contribution in [0.25, 0.3) is 37.4 Å². The molecule has 2 N–H and O–H groups in total. The molecule has 0 fully saturated rings. The lowest BCUT2D eigenvalue weighted by atomic mass is 10.1. The summed E-state index contributed by atoms with van der Waals surface area (Å²) in [6.45, 7) is 1.82. The van der Waals surface area contributed by atoms with Crippen LogP contribution in [0.3, 0.4) is 0 Å². The van der Waals surface area contributed by atoms with Crippen molar-refractivity contribution in [3.05, 3.63) is 85.2 Å². The van der Waals surface area contributed by atoms with Crippen LogP contribution in [0.5, 0.6) is 0 Å². The van der Waals surface area contributed by atoms with Gasteiger partial charge in [-0.05, 0) is 54.4 Å². The van der Waals surface area contributed by atoms with E-state index in [9.17, 15) is 18.8 Å². The lowest BCUT2D eigenvalue weighted by Crippen LogP contribution is -2.33. The number of H-pyrrole nitrogens is 2. The molecule has 30 heavy (non-hydrogen) atoms. The van der Waals surface area contributed by atoms with Gasteiger partial charge in [0, 0.05) is 11.9 Å². The van der Waals surface area contributed by atoms with Crippen molar-refractivity contribution >= 4 is 32.6 Å². The molecule has 3 aromatic heterocycles. The molecule has 3 heterocycles. The summed E-state index contributed by atoms with van der Waals surface area (Å²) in [7, 11) is 1.68. The van der Waals surface area contributed by atoms with Gasteiger partial charge in [-0.15, -0.1) is 11.3 Å². The highest BCUT2D eigenvalue weighted by Crippen LogP contribution is 2.36. The van der Waals surface area contributed by atoms with Crippen molar-refractivity contribution in [2.24, 2.45) is 7.05 Å².